The lowest BCUT2D eigenvalue weighted by atomic mass is 10.1. The van der Waals surface area contributed by atoms with Crippen LogP contribution in [0, 0.1) is 0 Å². The van der Waals surface area contributed by atoms with Crippen molar-refractivity contribution in [3.8, 4) is 0 Å². The third kappa shape index (κ3) is 3.87. The van der Waals surface area contributed by atoms with Gasteiger partial charge in [0.1, 0.15) is 22.5 Å². The molecule has 2 aliphatic heterocycles. The first-order chi connectivity index (χ1) is 14.9. The van der Waals surface area contributed by atoms with Crippen molar-refractivity contribution in [2.75, 3.05) is 16.1 Å². The Morgan fingerprint density at radius 1 is 1.03 bits per heavy atom. The van der Waals surface area contributed by atoms with E-state index in [1.165, 1.54) is 30.0 Å². The van der Waals surface area contributed by atoms with E-state index in [1.807, 2.05) is 0 Å². The Balaban J connectivity index is 1.78. The van der Waals surface area contributed by atoms with E-state index in [0.29, 0.717) is 27.9 Å². The Bertz CT molecular complexity index is 1230. The Hall–Kier alpha value is -2.54. The van der Waals surface area contributed by atoms with Gasteiger partial charge in [-0.3, -0.25) is 0 Å². The van der Waals surface area contributed by atoms with Gasteiger partial charge in [-0.25, -0.2) is 13.4 Å². The number of amidine groups is 1. The number of nitrogens with two attached hydrogens (primary N) is 2. The van der Waals surface area contributed by atoms with Gasteiger partial charge in [-0.05, 0) is 43.3 Å². The average Bonchev–Trinajstić information content (AvgIpc) is 3.02. The molecule has 0 spiro atoms. The first kappa shape index (κ1) is 22.6. The molecule has 0 aromatic heterocycles. The second-order valence-corrected chi connectivity index (χ2v) is 10.4. The largest absolute Gasteiger partial charge is 0.416 e. The summed E-state index contributed by atoms with van der Waals surface area (Å²) in [5.41, 5.74) is 12.7. The van der Waals surface area contributed by atoms with Gasteiger partial charge in [0, 0.05) is 11.9 Å². The van der Waals surface area contributed by atoms with E-state index in [9.17, 15) is 21.6 Å². The third-order valence-electron chi connectivity index (χ3n) is 5.13. The van der Waals surface area contributed by atoms with Crippen LogP contribution in [0.1, 0.15) is 12.5 Å². The molecule has 12 heteroatoms. The molecule has 0 amide bonds. The topological polar surface area (TPSA) is 105 Å². The number of aliphatic imine (C=N–C) groups is 1. The van der Waals surface area contributed by atoms with Gasteiger partial charge in [-0.1, -0.05) is 23.9 Å². The van der Waals surface area contributed by atoms with Crippen LogP contribution in [-0.4, -0.2) is 32.2 Å². The zero-order valence-electron chi connectivity index (χ0n) is 17.0. The smallest absolute Gasteiger partial charge is 0.313 e. The lowest BCUT2D eigenvalue weighted by molar-refractivity contribution is -0.137. The van der Waals surface area contributed by atoms with Gasteiger partial charge in [0.25, 0.3) is 0 Å². The van der Waals surface area contributed by atoms with Crippen molar-refractivity contribution in [1.82, 2.24) is 0 Å². The molecule has 2 unspecified atom stereocenters. The summed E-state index contributed by atoms with van der Waals surface area (Å²) in [7, 11) is -3.57. The maximum absolute atomic E-state index is 13.0. The molecule has 0 fully saturated rings. The summed E-state index contributed by atoms with van der Waals surface area (Å²) < 4.78 is 63.6. The number of anilines is 2. The number of nitrogens with zero attached hydrogens (tertiary/aromatic N) is 3. The van der Waals surface area contributed by atoms with E-state index >= 15 is 0 Å². The fourth-order valence-electron chi connectivity index (χ4n) is 3.74. The summed E-state index contributed by atoms with van der Waals surface area (Å²) in [4.78, 5) is 7.85. The molecule has 4 N–H and O–H groups in total. The molecule has 2 atom stereocenters. The second-order valence-electron chi connectivity index (χ2n) is 7.33. The number of rotatable bonds is 3. The zero-order chi connectivity index (χ0) is 23.4. The molecule has 0 saturated heterocycles. The molecule has 2 aromatic carbocycles. The number of alkyl halides is 3. The molecule has 0 aliphatic carbocycles. The molecule has 0 bridgehead atoms. The fraction of sp³-hybridized carbons (Fsp3) is 0.250. The minimum absolute atomic E-state index is 0.0874. The van der Waals surface area contributed by atoms with E-state index in [0.717, 1.165) is 18.4 Å². The maximum atomic E-state index is 13.0. The van der Waals surface area contributed by atoms with Crippen LogP contribution in [0.25, 0.3) is 0 Å². The average molecular weight is 484 g/mol. The van der Waals surface area contributed by atoms with Crippen LogP contribution in [0.4, 0.5) is 24.5 Å². The van der Waals surface area contributed by atoms with Crippen LogP contribution in [-0.2, 0) is 16.0 Å². The van der Waals surface area contributed by atoms with Crippen LogP contribution < -0.4 is 21.3 Å². The van der Waals surface area contributed by atoms with E-state index in [2.05, 4.69) is 4.99 Å². The van der Waals surface area contributed by atoms with Crippen molar-refractivity contribution in [2.24, 2.45) is 16.5 Å². The highest BCUT2D eigenvalue weighted by Crippen LogP contribution is 2.45. The van der Waals surface area contributed by atoms with E-state index < -0.39 is 33.2 Å². The highest BCUT2D eigenvalue weighted by molar-refractivity contribution is 8.04. The molecule has 2 aromatic rings. The van der Waals surface area contributed by atoms with Gasteiger partial charge in [0.15, 0.2) is 9.84 Å². The van der Waals surface area contributed by atoms with Crippen molar-refractivity contribution >= 4 is 38.8 Å². The number of hydrogen-bond donors (Lipinski definition) is 2. The molecule has 2 aliphatic rings. The van der Waals surface area contributed by atoms with E-state index in [1.54, 1.807) is 34.9 Å². The van der Waals surface area contributed by atoms with E-state index in [4.69, 9.17) is 11.5 Å². The van der Waals surface area contributed by atoms with Gasteiger partial charge in [-0.2, -0.15) is 13.2 Å². The summed E-state index contributed by atoms with van der Waals surface area (Å²) >= 11 is 1.23. The number of thioether (sulfide) groups is 1. The second kappa shape index (κ2) is 7.80. The van der Waals surface area contributed by atoms with Crippen LogP contribution in [0.5, 0.6) is 0 Å². The van der Waals surface area contributed by atoms with Crippen molar-refractivity contribution in [3.63, 3.8) is 0 Å². The quantitative estimate of drug-likeness (QED) is 0.690. The van der Waals surface area contributed by atoms with Crippen LogP contribution >= 0.6 is 11.8 Å². The number of hydrogen-bond acceptors (Lipinski definition) is 8. The Morgan fingerprint density at radius 3 is 2.25 bits per heavy atom. The molecular formula is C20H20F3N5O2S2. The zero-order valence-corrected chi connectivity index (χ0v) is 18.7. The minimum Gasteiger partial charge on any atom is -0.313 e. The summed E-state index contributed by atoms with van der Waals surface area (Å²) in [6, 6.07) is 11.0. The van der Waals surface area contributed by atoms with Crippen LogP contribution in [0.3, 0.4) is 0 Å². The van der Waals surface area contributed by atoms with Gasteiger partial charge < -0.3 is 21.3 Å². The Labute approximate surface area is 187 Å². The highest BCUT2D eigenvalue weighted by Gasteiger charge is 2.42. The molecule has 4 rings (SSSR count). The number of para-hydroxylation sites is 1. The predicted molar refractivity (Wildman–Crippen MR) is 120 cm³/mol. The maximum Gasteiger partial charge on any atom is 0.416 e. The summed E-state index contributed by atoms with van der Waals surface area (Å²) in [5.74, 6) is 0.481. The SMILES string of the molecule is CC1=NC2=C(C(N)N1c1ccc(C(F)(F)F)cc1)N(c1ccccc1S(C)(=O)=O)C(N)S2. The van der Waals surface area contributed by atoms with Gasteiger partial charge in [0.05, 0.1) is 21.8 Å². The number of benzene rings is 2. The Morgan fingerprint density at radius 2 is 1.66 bits per heavy atom. The van der Waals surface area contributed by atoms with Crippen molar-refractivity contribution in [1.29, 1.82) is 0 Å². The normalized spacial score (nSPS) is 21.7. The highest BCUT2D eigenvalue weighted by atomic mass is 32.2. The monoisotopic (exact) mass is 483 g/mol. The third-order valence-corrected chi connectivity index (χ3v) is 7.25. The molecule has 0 saturated carbocycles. The van der Waals surface area contributed by atoms with Crippen molar-refractivity contribution in [2.45, 2.75) is 29.7 Å². The lowest BCUT2D eigenvalue weighted by Crippen LogP contribution is -2.53. The fourth-order valence-corrected chi connectivity index (χ4v) is 5.70. The number of halogens is 3. The van der Waals surface area contributed by atoms with Crippen LogP contribution in [0.2, 0.25) is 0 Å². The van der Waals surface area contributed by atoms with Crippen LogP contribution in [0.15, 0.2) is 69.1 Å². The molecule has 2 heterocycles. The molecule has 32 heavy (non-hydrogen) atoms. The van der Waals surface area contributed by atoms with Crippen molar-refractivity contribution < 1.29 is 21.6 Å². The summed E-state index contributed by atoms with van der Waals surface area (Å²) in [6.45, 7) is 1.69. The molecular weight excluding hydrogens is 463 g/mol. The van der Waals surface area contributed by atoms with E-state index in [-0.39, 0.29) is 4.90 Å². The van der Waals surface area contributed by atoms with Crippen molar-refractivity contribution in [3.05, 3.63) is 64.8 Å². The first-order valence-electron chi connectivity index (χ1n) is 9.41. The van der Waals surface area contributed by atoms with Gasteiger partial charge >= 0.3 is 6.18 Å². The summed E-state index contributed by atoms with van der Waals surface area (Å²) in [5, 5.41) is 0.536. The number of sulfone groups is 1. The molecule has 170 valence electrons. The first-order valence-corrected chi connectivity index (χ1v) is 12.2. The standard InChI is InChI=1S/C20H20F3N5O2S2/c1-11-26-18-16(17(24)27(11)13-9-7-12(8-10-13)20(21,22)23)28(19(25)31-18)14-5-3-4-6-15(14)32(2,29)30/h3-10,17,19H,24-25H2,1-2H3. The predicted octanol–water partition coefficient (Wildman–Crippen LogP) is 3.30. The lowest BCUT2D eigenvalue weighted by Gasteiger charge is -2.38. The molecule has 0 radical (unpaired) electrons. The minimum atomic E-state index is -4.46. The van der Waals surface area contributed by atoms with Gasteiger partial charge in [0.2, 0.25) is 0 Å². The Kier molecular flexibility index (Phi) is 5.52. The summed E-state index contributed by atoms with van der Waals surface area (Å²) in [6.07, 6.45) is -4.21. The molecule has 7 nitrogen and oxygen atoms in total. The van der Waals surface area contributed by atoms with Gasteiger partial charge in [-0.15, -0.1) is 0 Å².